The van der Waals surface area contributed by atoms with Crippen LogP contribution in [-0.4, -0.2) is 27.6 Å². The van der Waals surface area contributed by atoms with Crippen LogP contribution in [0.2, 0.25) is 0 Å². The monoisotopic (exact) mass is 392 g/mol. The molecular formula is C24H40O4. The van der Waals surface area contributed by atoms with Gasteiger partial charge in [0.2, 0.25) is 0 Å². The summed E-state index contributed by atoms with van der Waals surface area (Å²) in [6.45, 7) is 8.09. The van der Waals surface area contributed by atoms with Crippen LogP contribution in [0.1, 0.15) is 90.9 Å². The van der Waals surface area contributed by atoms with Crippen LogP contribution in [0.25, 0.3) is 0 Å². The number of carbonyl (C=O) groups excluding carboxylic acids is 1. The maximum Gasteiger partial charge on any atom is 0.327 e. The fraction of sp³-hybridized carbons (Fsp3) is 0.750. The summed E-state index contributed by atoms with van der Waals surface area (Å²) in [5.74, 6) is 0.472. The summed E-state index contributed by atoms with van der Waals surface area (Å²) in [5, 5.41) is 19.5. The summed E-state index contributed by atoms with van der Waals surface area (Å²) in [7, 11) is 0. The van der Waals surface area contributed by atoms with Crippen LogP contribution in [0.4, 0.5) is 0 Å². The zero-order valence-corrected chi connectivity index (χ0v) is 17.9. The predicted octanol–water partition coefficient (Wildman–Crippen LogP) is 5.70. The summed E-state index contributed by atoms with van der Waals surface area (Å²) in [6.07, 6.45) is 15.3. The Kier molecular flexibility index (Phi) is 11.4. The van der Waals surface area contributed by atoms with Crippen molar-refractivity contribution in [2.45, 2.75) is 96.5 Å². The van der Waals surface area contributed by atoms with Crippen molar-refractivity contribution in [1.82, 2.24) is 0 Å². The number of carboxylic acid groups (broad SMARTS) is 1. The third-order valence-corrected chi connectivity index (χ3v) is 6.22. The fourth-order valence-electron chi connectivity index (χ4n) is 4.56. The maximum absolute atomic E-state index is 12.4. The van der Waals surface area contributed by atoms with E-state index in [1.165, 1.54) is 6.08 Å². The van der Waals surface area contributed by atoms with E-state index >= 15 is 0 Å². The molecule has 0 bridgehead atoms. The molecule has 160 valence electrons. The highest BCUT2D eigenvalue weighted by molar-refractivity contribution is 5.83. The molecule has 0 radical (unpaired) electrons. The van der Waals surface area contributed by atoms with Crippen molar-refractivity contribution in [2.24, 2.45) is 17.8 Å². The Hall–Kier alpha value is -1.42. The molecule has 0 amide bonds. The number of hydrogen-bond donors (Lipinski definition) is 2. The van der Waals surface area contributed by atoms with Crippen LogP contribution in [0, 0.1) is 17.8 Å². The van der Waals surface area contributed by atoms with Gasteiger partial charge in [0.15, 0.2) is 0 Å². The number of carboxylic acids is 1. The van der Waals surface area contributed by atoms with Gasteiger partial charge >= 0.3 is 5.97 Å². The van der Waals surface area contributed by atoms with Crippen LogP contribution < -0.4 is 0 Å². The number of Topliss-reactive ketones (excluding diaryl/α,β-unsaturated/α-hetero) is 1. The standard InChI is InChI=1S/C24H40O4/c1-4-6-16-24(28,15-5-2)17-9-11-20-13-14-22(25)21(20)18-19(3)10-7-8-12-23(26)27/h5,8,12,19-21,28H,2,4,6-7,9-11,13-18H2,1,3H3,(H,26,27)/t19?,20-,21+,24?/m0/s1. The molecule has 1 rings (SSSR count). The van der Waals surface area contributed by atoms with Crippen molar-refractivity contribution in [2.75, 3.05) is 0 Å². The van der Waals surface area contributed by atoms with Crippen molar-refractivity contribution in [1.29, 1.82) is 0 Å². The van der Waals surface area contributed by atoms with Gasteiger partial charge in [-0.1, -0.05) is 45.3 Å². The number of carbonyl (C=O) groups is 2. The number of unbranched alkanes of at least 4 members (excludes halogenated alkanes) is 1. The Bertz CT molecular complexity index is 525. The number of allylic oxidation sites excluding steroid dienone is 1. The highest BCUT2D eigenvalue weighted by atomic mass is 16.4. The zero-order chi connectivity index (χ0) is 21.0. The Morgan fingerprint density at radius 1 is 1.36 bits per heavy atom. The molecule has 2 N–H and O–H groups in total. The van der Waals surface area contributed by atoms with Crippen molar-refractivity contribution >= 4 is 11.8 Å². The molecule has 4 heteroatoms. The second-order valence-corrected chi connectivity index (χ2v) is 8.74. The molecule has 2 unspecified atom stereocenters. The number of ketones is 1. The molecule has 4 atom stereocenters. The maximum atomic E-state index is 12.4. The molecule has 0 aliphatic heterocycles. The van der Waals surface area contributed by atoms with Gasteiger partial charge in [0.05, 0.1) is 5.60 Å². The van der Waals surface area contributed by atoms with E-state index in [4.69, 9.17) is 5.11 Å². The number of aliphatic hydroxyl groups is 1. The largest absolute Gasteiger partial charge is 0.478 e. The van der Waals surface area contributed by atoms with Crippen LogP contribution in [0.15, 0.2) is 24.8 Å². The van der Waals surface area contributed by atoms with E-state index in [1.54, 1.807) is 6.08 Å². The first-order chi connectivity index (χ1) is 13.3. The van der Waals surface area contributed by atoms with Gasteiger partial charge in [0, 0.05) is 18.4 Å². The highest BCUT2D eigenvalue weighted by Crippen LogP contribution is 2.38. The van der Waals surface area contributed by atoms with E-state index in [0.717, 1.165) is 64.2 Å². The second-order valence-electron chi connectivity index (χ2n) is 8.74. The molecule has 1 fully saturated rings. The number of hydrogen-bond acceptors (Lipinski definition) is 3. The molecule has 1 saturated carbocycles. The van der Waals surface area contributed by atoms with Crippen LogP contribution in [0.3, 0.4) is 0 Å². The van der Waals surface area contributed by atoms with Gasteiger partial charge in [-0.3, -0.25) is 4.79 Å². The van der Waals surface area contributed by atoms with Crippen LogP contribution in [0.5, 0.6) is 0 Å². The predicted molar refractivity (Wildman–Crippen MR) is 114 cm³/mol. The molecule has 0 spiro atoms. The molecule has 0 aromatic rings. The van der Waals surface area contributed by atoms with Crippen LogP contribution >= 0.6 is 0 Å². The van der Waals surface area contributed by atoms with Gasteiger partial charge in [-0.2, -0.15) is 0 Å². The van der Waals surface area contributed by atoms with Crippen molar-refractivity contribution in [3.63, 3.8) is 0 Å². The molecule has 0 aromatic carbocycles. The normalized spacial score (nSPS) is 23.0. The van der Waals surface area contributed by atoms with Gasteiger partial charge in [-0.05, 0) is 63.2 Å². The molecule has 1 aliphatic rings. The lowest BCUT2D eigenvalue weighted by molar-refractivity contribution is -0.131. The molecule has 0 heterocycles. The van der Waals surface area contributed by atoms with E-state index in [-0.39, 0.29) is 5.92 Å². The molecule has 1 aliphatic carbocycles. The van der Waals surface area contributed by atoms with E-state index in [2.05, 4.69) is 20.4 Å². The molecule has 28 heavy (non-hydrogen) atoms. The quantitative estimate of drug-likeness (QED) is 0.277. The van der Waals surface area contributed by atoms with E-state index in [1.807, 2.05) is 6.08 Å². The molecular weight excluding hydrogens is 352 g/mol. The summed E-state index contributed by atoms with van der Waals surface area (Å²) >= 11 is 0. The van der Waals surface area contributed by atoms with Gasteiger partial charge < -0.3 is 10.2 Å². The summed E-state index contributed by atoms with van der Waals surface area (Å²) < 4.78 is 0. The van der Waals surface area contributed by atoms with Gasteiger partial charge in [-0.15, -0.1) is 6.58 Å². The van der Waals surface area contributed by atoms with Gasteiger partial charge in [0.25, 0.3) is 0 Å². The fourth-order valence-corrected chi connectivity index (χ4v) is 4.56. The second kappa shape index (κ2) is 12.9. The first-order valence-corrected chi connectivity index (χ1v) is 11.1. The Morgan fingerprint density at radius 3 is 2.71 bits per heavy atom. The average molecular weight is 393 g/mol. The number of rotatable bonds is 15. The van der Waals surface area contributed by atoms with Crippen LogP contribution in [-0.2, 0) is 9.59 Å². The molecule has 0 aromatic heterocycles. The molecule has 0 saturated heterocycles. The Morgan fingerprint density at radius 2 is 2.07 bits per heavy atom. The minimum atomic E-state index is -0.908. The first-order valence-electron chi connectivity index (χ1n) is 11.1. The lowest BCUT2D eigenvalue weighted by atomic mass is 9.81. The summed E-state index contributed by atoms with van der Waals surface area (Å²) in [5.41, 5.74) is -0.639. The van der Waals surface area contributed by atoms with Gasteiger partial charge in [0.1, 0.15) is 5.78 Å². The highest BCUT2D eigenvalue weighted by Gasteiger charge is 2.35. The zero-order valence-electron chi connectivity index (χ0n) is 17.9. The third kappa shape index (κ3) is 9.18. The van der Waals surface area contributed by atoms with E-state index in [0.29, 0.717) is 30.5 Å². The van der Waals surface area contributed by atoms with E-state index in [9.17, 15) is 14.7 Å². The summed E-state index contributed by atoms with van der Waals surface area (Å²) in [4.78, 5) is 22.9. The summed E-state index contributed by atoms with van der Waals surface area (Å²) in [6, 6.07) is 0. The Balaban J connectivity index is 2.47. The van der Waals surface area contributed by atoms with Crippen molar-refractivity contribution < 1.29 is 19.8 Å². The van der Waals surface area contributed by atoms with E-state index < -0.39 is 11.6 Å². The minimum absolute atomic E-state index is 0.140. The van der Waals surface area contributed by atoms with Crippen molar-refractivity contribution in [3.8, 4) is 0 Å². The Labute approximate surface area is 171 Å². The van der Waals surface area contributed by atoms with Crippen molar-refractivity contribution in [3.05, 3.63) is 24.8 Å². The number of aliphatic carboxylic acids is 1. The first kappa shape index (κ1) is 24.6. The lowest BCUT2D eigenvalue weighted by Gasteiger charge is -2.28. The average Bonchev–Trinajstić information content (AvgIpc) is 2.97. The topological polar surface area (TPSA) is 74.6 Å². The lowest BCUT2D eigenvalue weighted by Crippen LogP contribution is -2.28. The third-order valence-electron chi connectivity index (χ3n) is 6.22. The minimum Gasteiger partial charge on any atom is -0.478 e. The molecule has 4 nitrogen and oxygen atoms in total. The van der Waals surface area contributed by atoms with Gasteiger partial charge in [-0.25, -0.2) is 4.79 Å². The SMILES string of the molecule is C=CCC(O)(CCCC)CCC[C@H]1CCC(=O)[C@@H]1CC(C)CCC=CC(=O)O. The smallest absolute Gasteiger partial charge is 0.327 e.